The maximum atomic E-state index is 10.8. The van der Waals surface area contributed by atoms with E-state index in [-0.39, 0.29) is 0 Å². The molecule has 1 aromatic heterocycles. The summed E-state index contributed by atoms with van der Waals surface area (Å²) in [4.78, 5) is 14.8. The van der Waals surface area contributed by atoms with Gasteiger partial charge in [0, 0.05) is 24.2 Å². The first-order chi connectivity index (χ1) is 7.24. The quantitative estimate of drug-likeness (QED) is 0.437. The molecule has 0 unspecified atom stereocenters. The van der Waals surface area contributed by atoms with Crippen LogP contribution in [-0.2, 0) is 0 Å². The van der Waals surface area contributed by atoms with Crippen LogP contribution in [0.25, 0.3) is 0 Å². The van der Waals surface area contributed by atoms with Crippen LogP contribution in [0.15, 0.2) is 18.3 Å². The zero-order valence-electron chi connectivity index (χ0n) is 8.07. The molecule has 0 saturated heterocycles. The normalized spacial score (nSPS) is 9.33. The van der Waals surface area contributed by atoms with Gasteiger partial charge in [0.15, 0.2) is 0 Å². The number of halogens is 1. The second-order valence-electron chi connectivity index (χ2n) is 2.81. The van der Waals surface area contributed by atoms with E-state index in [4.69, 9.17) is 22.8 Å². The summed E-state index contributed by atoms with van der Waals surface area (Å²) in [7, 11) is 0. The third-order valence-electron chi connectivity index (χ3n) is 1.68. The monoisotopic (exact) mass is 223 g/mol. The van der Waals surface area contributed by atoms with E-state index in [2.05, 4.69) is 10.9 Å². The van der Waals surface area contributed by atoms with E-state index in [1.165, 1.54) is 18.3 Å². The predicted molar refractivity (Wildman–Crippen MR) is 58.0 cm³/mol. The molecule has 0 N–H and O–H groups in total. The van der Waals surface area contributed by atoms with Crippen molar-refractivity contribution >= 4 is 16.8 Å². The average molecular weight is 224 g/mol. The molecule has 78 valence electrons. The number of pyridine rings is 1. The first kappa shape index (κ1) is 11.5. The maximum absolute atomic E-state index is 10.8. The smallest absolute Gasteiger partial charge is 0.252 e. The van der Waals surface area contributed by atoms with Gasteiger partial charge in [-0.25, -0.2) is 4.98 Å². The highest BCUT2D eigenvalue weighted by Gasteiger charge is 2.03. The van der Waals surface area contributed by atoms with Crippen LogP contribution in [0.5, 0.6) is 5.88 Å². The number of hydrogen-bond acceptors (Lipinski definition) is 3. The Kier molecular flexibility index (Phi) is 4.65. The molecule has 0 atom stereocenters. The van der Waals surface area contributed by atoms with Crippen molar-refractivity contribution in [2.75, 3.05) is 6.61 Å². The third kappa shape index (κ3) is 4.01. The minimum atomic E-state index is -0.522. The Morgan fingerprint density at radius 1 is 1.67 bits per heavy atom. The molecule has 15 heavy (non-hydrogen) atoms. The Hall–Kier alpha value is -1.53. The van der Waals surface area contributed by atoms with Crippen molar-refractivity contribution < 1.29 is 9.53 Å². The third-order valence-corrected chi connectivity index (χ3v) is 1.90. The number of hydrogen-bond donors (Lipinski definition) is 0. The van der Waals surface area contributed by atoms with Crippen LogP contribution in [0.3, 0.4) is 0 Å². The van der Waals surface area contributed by atoms with Crippen LogP contribution >= 0.6 is 11.6 Å². The van der Waals surface area contributed by atoms with Crippen LogP contribution in [0.4, 0.5) is 0 Å². The molecule has 4 heteroatoms. The Morgan fingerprint density at radius 3 is 3.13 bits per heavy atom. The molecule has 0 aliphatic rings. The van der Waals surface area contributed by atoms with E-state index in [0.29, 0.717) is 24.5 Å². The van der Waals surface area contributed by atoms with E-state index in [1.807, 2.05) is 0 Å². The number of rotatable bonds is 5. The molecule has 0 fully saturated rings. The largest absolute Gasteiger partial charge is 0.478 e. The fourth-order valence-electron chi connectivity index (χ4n) is 0.962. The van der Waals surface area contributed by atoms with Gasteiger partial charge >= 0.3 is 0 Å². The summed E-state index contributed by atoms with van der Waals surface area (Å²) in [6.07, 6.45) is 7.99. The van der Waals surface area contributed by atoms with Crippen LogP contribution < -0.4 is 4.74 Å². The van der Waals surface area contributed by atoms with E-state index in [1.54, 1.807) is 0 Å². The van der Waals surface area contributed by atoms with Gasteiger partial charge < -0.3 is 4.74 Å². The molecule has 1 rings (SSSR count). The molecular weight excluding hydrogens is 214 g/mol. The Labute approximate surface area is 93.4 Å². The Balaban J connectivity index is 2.51. The predicted octanol–water partition coefficient (Wildman–Crippen LogP) is 2.25. The van der Waals surface area contributed by atoms with Crippen LogP contribution in [0.1, 0.15) is 23.2 Å². The fraction of sp³-hybridized carbons (Fsp3) is 0.273. The topological polar surface area (TPSA) is 39.2 Å². The average Bonchev–Trinajstić information content (AvgIpc) is 2.25. The van der Waals surface area contributed by atoms with E-state index in [0.717, 1.165) is 6.42 Å². The SMILES string of the molecule is C#CCCCOc1cc(C(=O)Cl)ccn1. The van der Waals surface area contributed by atoms with E-state index < -0.39 is 5.24 Å². The number of terminal acetylenes is 1. The van der Waals surface area contributed by atoms with Crippen molar-refractivity contribution in [1.29, 1.82) is 0 Å². The second kappa shape index (κ2) is 6.05. The molecule has 0 aliphatic carbocycles. The van der Waals surface area contributed by atoms with Crippen molar-refractivity contribution in [3.8, 4) is 18.2 Å². The van der Waals surface area contributed by atoms with Gasteiger partial charge in [0.25, 0.3) is 5.24 Å². The van der Waals surface area contributed by atoms with Gasteiger partial charge in [0.05, 0.1) is 6.61 Å². The lowest BCUT2D eigenvalue weighted by atomic mass is 10.3. The molecule has 1 heterocycles. The first-order valence-corrected chi connectivity index (χ1v) is 4.84. The number of nitrogens with zero attached hydrogens (tertiary/aromatic N) is 1. The lowest BCUT2D eigenvalue weighted by Gasteiger charge is -2.03. The molecule has 0 aliphatic heterocycles. The van der Waals surface area contributed by atoms with Crippen LogP contribution in [0.2, 0.25) is 0 Å². The van der Waals surface area contributed by atoms with Crippen LogP contribution in [0, 0.1) is 12.3 Å². The molecular formula is C11H10ClNO2. The van der Waals surface area contributed by atoms with E-state index >= 15 is 0 Å². The van der Waals surface area contributed by atoms with Gasteiger partial charge in [-0.3, -0.25) is 4.79 Å². The first-order valence-electron chi connectivity index (χ1n) is 4.46. The summed E-state index contributed by atoms with van der Waals surface area (Å²) in [5.74, 6) is 2.90. The lowest BCUT2D eigenvalue weighted by Crippen LogP contribution is -2.00. The van der Waals surface area contributed by atoms with Crippen molar-refractivity contribution in [3.05, 3.63) is 23.9 Å². The molecule has 3 nitrogen and oxygen atoms in total. The fourth-order valence-corrected chi connectivity index (χ4v) is 1.08. The molecule has 0 aromatic carbocycles. The minimum absolute atomic E-state index is 0.374. The summed E-state index contributed by atoms with van der Waals surface area (Å²) in [6, 6.07) is 3.04. The number of unbranched alkanes of at least 4 members (excludes halogenated alkanes) is 1. The number of carbonyl (C=O) groups is 1. The second-order valence-corrected chi connectivity index (χ2v) is 3.16. The molecule has 0 spiro atoms. The number of aromatic nitrogens is 1. The Morgan fingerprint density at radius 2 is 2.47 bits per heavy atom. The summed E-state index contributed by atoms with van der Waals surface area (Å²) in [5, 5.41) is -0.522. The van der Waals surface area contributed by atoms with Crippen molar-refractivity contribution in [2.45, 2.75) is 12.8 Å². The van der Waals surface area contributed by atoms with Gasteiger partial charge in [-0.05, 0) is 24.1 Å². The summed E-state index contributed by atoms with van der Waals surface area (Å²) in [5.41, 5.74) is 0.374. The molecule has 0 bridgehead atoms. The van der Waals surface area contributed by atoms with Gasteiger partial charge in [0.1, 0.15) is 0 Å². The van der Waals surface area contributed by atoms with Crippen molar-refractivity contribution in [3.63, 3.8) is 0 Å². The minimum Gasteiger partial charge on any atom is -0.478 e. The lowest BCUT2D eigenvalue weighted by molar-refractivity contribution is 0.108. The molecule has 0 amide bonds. The van der Waals surface area contributed by atoms with Gasteiger partial charge in [-0.15, -0.1) is 12.3 Å². The Bertz CT molecular complexity index is 384. The van der Waals surface area contributed by atoms with Crippen molar-refractivity contribution in [2.24, 2.45) is 0 Å². The van der Waals surface area contributed by atoms with Gasteiger partial charge in [0.2, 0.25) is 5.88 Å². The molecule has 1 aromatic rings. The highest BCUT2D eigenvalue weighted by atomic mass is 35.5. The van der Waals surface area contributed by atoms with Gasteiger partial charge in [-0.2, -0.15) is 0 Å². The highest BCUT2D eigenvalue weighted by Crippen LogP contribution is 2.11. The summed E-state index contributed by atoms with van der Waals surface area (Å²) >= 11 is 5.31. The zero-order chi connectivity index (χ0) is 11.1. The zero-order valence-corrected chi connectivity index (χ0v) is 8.83. The molecule has 0 saturated carbocycles. The standard InChI is InChI=1S/C11H10ClNO2/c1-2-3-4-7-15-10-8-9(11(12)14)5-6-13-10/h1,5-6,8H,3-4,7H2. The van der Waals surface area contributed by atoms with Gasteiger partial charge in [-0.1, -0.05) is 0 Å². The summed E-state index contributed by atoms with van der Waals surface area (Å²) in [6.45, 7) is 0.483. The number of ether oxygens (including phenoxy) is 1. The van der Waals surface area contributed by atoms with Crippen molar-refractivity contribution in [1.82, 2.24) is 4.98 Å². The van der Waals surface area contributed by atoms with Crippen LogP contribution in [-0.4, -0.2) is 16.8 Å². The number of carbonyl (C=O) groups excluding carboxylic acids is 1. The summed E-state index contributed by atoms with van der Waals surface area (Å²) < 4.78 is 5.28. The molecule has 0 radical (unpaired) electrons. The maximum Gasteiger partial charge on any atom is 0.252 e. The van der Waals surface area contributed by atoms with E-state index in [9.17, 15) is 4.79 Å². The highest BCUT2D eigenvalue weighted by molar-refractivity contribution is 6.67.